The summed E-state index contributed by atoms with van der Waals surface area (Å²) in [6.07, 6.45) is 3.06. The van der Waals surface area contributed by atoms with Gasteiger partial charge in [0.15, 0.2) is 0 Å². The Morgan fingerprint density at radius 3 is 2.91 bits per heavy atom. The Labute approximate surface area is 204 Å². The first-order valence-electron chi connectivity index (χ1n) is 12.0. The molecule has 184 valence electrons. The van der Waals surface area contributed by atoms with Crippen molar-refractivity contribution in [1.82, 2.24) is 9.80 Å². The molecule has 1 aromatic carbocycles. The van der Waals surface area contributed by atoms with E-state index in [2.05, 4.69) is 0 Å². The van der Waals surface area contributed by atoms with Crippen LogP contribution in [0.15, 0.2) is 35.7 Å². The summed E-state index contributed by atoms with van der Waals surface area (Å²) in [7, 11) is 0. The first kappa shape index (κ1) is 24.7. The lowest BCUT2D eigenvalue weighted by molar-refractivity contribution is -0.144. The molecule has 0 spiro atoms. The second-order valence-corrected chi connectivity index (χ2v) is 10.4. The molecule has 0 bridgehead atoms. The summed E-state index contributed by atoms with van der Waals surface area (Å²) in [4.78, 5) is 31.3. The van der Waals surface area contributed by atoms with E-state index in [0.29, 0.717) is 31.9 Å². The minimum atomic E-state index is -0.362. The van der Waals surface area contributed by atoms with Gasteiger partial charge in [0.2, 0.25) is 11.8 Å². The van der Waals surface area contributed by atoms with E-state index < -0.39 is 0 Å². The third-order valence-corrected chi connectivity index (χ3v) is 7.33. The molecule has 0 N–H and O–H groups in total. The van der Waals surface area contributed by atoms with Crippen molar-refractivity contribution < 1.29 is 23.5 Å². The number of rotatable bonds is 9. The minimum Gasteiger partial charge on any atom is -0.491 e. The number of nitrogens with zero attached hydrogens (tertiary/aromatic N) is 2. The maximum absolute atomic E-state index is 13.6. The molecule has 1 fully saturated rings. The van der Waals surface area contributed by atoms with Crippen LogP contribution in [0.25, 0.3) is 0 Å². The van der Waals surface area contributed by atoms with E-state index in [-0.39, 0.29) is 48.8 Å². The molecule has 2 aromatic rings. The van der Waals surface area contributed by atoms with Gasteiger partial charge in [-0.2, -0.15) is 0 Å². The van der Waals surface area contributed by atoms with Crippen LogP contribution in [0.3, 0.4) is 0 Å². The number of carbonyl (C=O) groups is 2. The van der Waals surface area contributed by atoms with Gasteiger partial charge in [0, 0.05) is 37.1 Å². The van der Waals surface area contributed by atoms with E-state index in [1.54, 1.807) is 28.4 Å². The normalized spacial score (nSPS) is 19.8. The molecule has 0 saturated carbocycles. The zero-order chi connectivity index (χ0) is 24.1. The molecule has 8 heteroatoms. The average molecular weight is 489 g/mol. The molecule has 6 nitrogen and oxygen atoms in total. The van der Waals surface area contributed by atoms with E-state index in [9.17, 15) is 14.0 Å². The van der Waals surface area contributed by atoms with Crippen molar-refractivity contribution in [2.24, 2.45) is 5.92 Å². The second-order valence-electron chi connectivity index (χ2n) is 9.43. The molecule has 34 heavy (non-hydrogen) atoms. The molecule has 0 aliphatic carbocycles. The minimum absolute atomic E-state index is 0.0131. The molecule has 2 aliphatic rings. The van der Waals surface area contributed by atoms with Crippen LogP contribution < -0.4 is 4.74 Å². The van der Waals surface area contributed by atoms with Crippen LogP contribution >= 0.6 is 11.3 Å². The molecule has 3 heterocycles. The van der Waals surface area contributed by atoms with E-state index >= 15 is 0 Å². The summed E-state index contributed by atoms with van der Waals surface area (Å²) < 4.78 is 25.3. The van der Waals surface area contributed by atoms with E-state index in [1.807, 2.05) is 30.2 Å². The highest BCUT2D eigenvalue weighted by atomic mass is 32.1. The van der Waals surface area contributed by atoms with E-state index in [4.69, 9.17) is 9.47 Å². The predicted molar refractivity (Wildman–Crippen MR) is 129 cm³/mol. The highest BCUT2D eigenvalue weighted by Crippen LogP contribution is 2.34. The maximum atomic E-state index is 13.6. The highest BCUT2D eigenvalue weighted by molar-refractivity contribution is 7.10. The molecular formula is C26H33FN2O4S. The van der Waals surface area contributed by atoms with Gasteiger partial charge in [-0.05, 0) is 54.3 Å². The monoisotopic (exact) mass is 488 g/mol. The van der Waals surface area contributed by atoms with Crippen molar-refractivity contribution in [3.63, 3.8) is 0 Å². The Morgan fingerprint density at radius 1 is 1.32 bits per heavy atom. The fourth-order valence-corrected chi connectivity index (χ4v) is 5.56. The zero-order valence-corrected chi connectivity index (χ0v) is 20.7. The topological polar surface area (TPSA) is 59.1 Å². The molecule has 1 aromatic heterocycles. The van der Waals surface area contributed by atoms with Crippen LogP contribution in [-0.4, -0.2) is 60.6 Å². The first-order valence-corrected chi connectivity index (χ1v) is 12.9. The average Bonchev–Trinajstić information content (AvgIpc) is 3.48. The molecule has 2 aliphatic heterocycles. The molecule has 4 rings (SSSR count). The third-order valence-electron chi connectivity index (χ3n) is 6.33. The summed E-state index contributed by atoms with van der Waals surface area (Å²) in [5.41, 5.74) is 1.07. The van der Waals surface area contributed by atoms with Crippen molar-refractivity contribution in [2.45, 2.75) is 51.7 Å². The van der Waals surface area contributed by atoms with Crippen LogP contribution in [0.1, 0.15) is 49.6 Å². The summed E-state index contributed by atoms with van der Waals surface area (Å²) in [5.74, 6) is 0.172. The molecule has 0 unspecified atom stereocenters. The largest absolute Gasteiger partial charge is 0.491 e. The fraction of sp³-hybridized carbons (Fsp3) is 0.538. The highest BCUT2D eigenvalue weighted by Gasteiger charge is 2.34. The number of ether oxygens (including phenoxy) is 2. The number of thiophene rings is 1. The van der Waals surface area contributed by atoms with Crippen LogP contribution in [0.4, 0.5) is 4.39 Å². The standard InChI is InChI=1S/C26H33FN2O4S/c1-18(2)13-25(30)28(15-21-7-4-11-32-21)16-26(31)29-10-8-24-22(9-12-34-24)23(29)17-33-20-6-3-5-19(27)14-20/h3,5-6,9,12,14,18,21,23H,4,7-8,10-11,13,15-17H2,1-2H3/t21-,23-/m0/s1. The Hall–Kier alpha value is -2.45. The van der Waals surface area contributed by atoms with E-state index in [0.717, 1.165) is 24.8 Å². The summed E-state index contributed by atoms with van der Waals surface area (Å²) in [5, 5.41) is 2.03. The predicted octanol–water partition coefficient (Wildman–Crippen LogP) is 4.45. The Bertz CT molecular complexity index is 989. The Morgan fingerprint density at radius 2 is 2.18 bits per heavy atom. The maximum Gasteiger partial charge on any atom is 0.242 e. The van der Waals surface area contributed by atoms with Gasteiger partial charge in [-0.15, -0.1) is 11.3 Å². The van der Waals surface area contributed by atoms with Crippen molar-refractivity contribution in [3.05, 3.63) is 52.0 Å². The Balaban J connectivity index is 1.49. The molecular weight excluding hydrogens is 455 g/mol. The van der Waals surface area contributed by atoms with Crippen molar-refractivity contribution in [2.75, 3.05) is 32.8 Å². The number of hydrogen-bond acceptors (Lipinski definition) is 5. The van der Waals surface area contributed by atoms with Crippen LogP contribution in [0, 0.1) is 11.7 Å². The van der Waals surface area contributed by atoms with Crippen LogP contribution in [0.2, 0.25) is 0 Å². The number of carbonyl (C=O) groups excluding carboxylic acids is 2. The lowest BCUT2D eigenvalue weighted by atomic mass is 10.00. The zero-order valence-electron chi connectivity index (χ0n) is 19.9. The van der Waals surface area contributed by atoms with Crippen molar-refractivity contribution in [3.8, 4) is 5.75 Å². The van der Waals surface area contributed by atoms with Gasteiger partial charge < -0.3 is 19.3 Å². The van der Waals surface area contributed by atoms with Crippen molar-refractivity contribution in [1.29, 1.82) is 0 Å². The van der Waals surface area contributed by atoms with Crippen molar-refractivity contribution >= 4 is 23.2 Å². The van der Waals surface area contributed by atoms with Gasteiger partial charge >= 0.3 is 0 Å². The van der Waals surface area contributed by atoms with Gasteiger partial charge in [-0.25, -0.2) is 4.39 Å². The van der Waals surface area contributed by atoms with Gasteiger partial charge in [-0.3, -0.25) is 9.59 Å². The number of benzene rings is 1. The number of halogens is 1. The number of hydrogen-bond donors (Lipinski definition) is 0. The quantitative estimate of drug-likeness (QED) is 0.524. The molecule has 1 saturated heterocycles. The lowest BCUT2D eigenvalue weighted by Crippen LogP contribution is -2.49. The third kappa shape index (κ3) is 6.16. The second kappa shape index (κ2) is 11.3. The fourth-order valence-electron chi connectivity index (χ4n) is 4.63. The summed E-state index contributed by atoms with van der Waals surface area (Å²) in [6.45, 7) is 5.98. The van der Waals surface area contributed by atoms with Gasteiger partial charge in [0.1, 0.15) is 18.2 Å². The Kier molecular flexibility index (Phi) is 8.21. The molecule has 2 atom stereocenters. The van der Waals surface area contributed by atoms with E-state index in [1.165, 1.54) is 17.0 Å². The SMILES string of the molecule is CC(C)CC(=O)N(CC(=O)N1CCc2sccc2[C@@H]1COc1cccc(F)c1)C[C@@H]1CCCO1. The number of amides is 2. The molecule has 2 amide bonds. The van der Waals surface area contributed by atoms with Gasteiger partial charge in [0.05, 0.1) is 18.7 Å². The summed E-state index contributed by atoms with van der Waals surface area (Å²) >= 11 is 1.68. The summed E-state index contributed by atoms with van der Waals surface area (Å²) in [6, 6.07) is 7.78. The first-order chi connectivity index (χ1) is 16.4. The van der Waals surface area contributed by atoms with Crippen LogP contribution in [-0.2, 0) is 20.7 Å². The molecule has 0 radical (unpaired) electrons. The van der Waals surface area contributed by atoms with Crippen LogP contribution in [0.5, 0.6) is 5.75 Å². The lowest BCUT2D eigenvalue weighted by Gasteiger charge is -2.37. The van der Waals surface area contributed by atoms with Gasteiger partial charge in [0.25, 0.3) is 0 Å². The number of fused-ring (bicyclic) bond motifs is 1. The smallest absolute Gasteiger partial charge is 0.242 e. The van der Waals surface area contributed by atoms with Gasteiger partial charge in [-0.1, -0.05) is 19.9 Å².